The fourth-order valence-electron chi connectivity index (χ4n) is 2.53. The van der Waals surface area contributed by atoms with E-state index in [-0.39, 0.29) is 6.42 Å². The Labute approximate surface area is 108 Å². The van der Waals surface area contributed by atoms with Gasteiger partial charge in [-0.3, -0.25) is 4.79 Å². The van der Waals surface area contributed by atoms with E-state index in [1.165, 1.54) is 19.3 Å². The molecule has 1 aromatic carbocycles. The highest BCUT2D eigenvalue weighted by Gasteiger charge is 2.28. The molecule has 2 unspecified atom stereocenters. The molecule has 3 nitrogen and oxygen atoms in total. The minimum absolute atomic E-state index is 0.199. The number of aryl methyl sites for hydroxylation is 1. The van der Waals surface area contributed by atoms with E-state index in [9.17, 15) is 4.79 Å². The molecule has 98 valence electrons. The van der Waals surface area contributed by atoms with Gasteiger partial charge in [0.1, 0.15) is 0 Å². The number of nitrogens with one attached hydrogen (secondary N) is 1. The number of carboxylic acid groups (broad SMARTS) is 1. The second-order valence-corrected chi connectivity index (χ2v) is 5.09. The van der Waals surface area contributed by atoms with Crippen LogP contribution in [0.2, 0.25) is 0 Å². The first-order valence-corrected chi connectivity index (χ1v) is 6.76. The van der Waals surface area contributed by atoms with Crippen LogP contribution in [0.3, 0.4) is 0 Å². The second-order valence-electron chi connectivity index (χ2n) is 5.09. The number of hydrogen-bond acceptors (Lipinski definition) is 2. The minimum atomic E-state index is -0.738. The first kappa shape index (κ1) is 12.9. The average Bonchev–Trinajstić information content (AvgIpc) is 2.33. The minimum Gasteiger partial charge on any atom is -0.481 e. The van der Waals surface area contributed by atoms with Gasteiger partial charge in [0.2, 0.25) is 0 Å². The molecular weight excluding hydrogens is 226 g/mol. The third kappa shape index (κ3) is 3.25. The van der Waals surface area contributed by atoms with E-state index >= 15 is 0 Å². The number of benzene rings is 1. The van der Waals surface area contributed by atoms with Crippen molar-refractivity contribution in [1.82, 2.24) is 0 Å². The van der Waals surface area contributed by atoms with Crippen LogP contribution in [0.5, 0.6) is 0 Å². The molecule has 1 aliphatic carbocycles. The SMILES string of the molecule is CCC1CCC1Nc1cccc(CCC(=O)O)c1. The van der Waals surface area contributed by atoms with Crippen LogP contribution in [-0.2, 0) is 11.2 Å². The molecule has 2 N–H and O–H groups in total. The van der Waals surface area contributed by atoms with Crippen LogP contribution in [0.25, 0.3) is 0 Å². The fraction of sp³-hybridized carbons (Fsp3) is 0.533. The maximum Gasteiger partial charge on any atom is 0.303 e. The van der Waals surface area contributed by atoms with Crippen LogP contribution in [0, 0.1) is 5.92 Å². The highest BCUT2D eigenvalue weighted by Crippen LogP contribution is 2.32. The Morgan fingerprint density at radius 1 is 1.44 bits per heavy atom. The molecule has 0 saturated heterocycles. The molecule has 0 radical (unpaired) electrons. The summed E-state index contributed by atoms with van der Waals surface area (Å²) in [4.78, 5) is 10.6. The Morgan fingerprint density at radius 3 is 2.89 bits per heavy atom. The van der Waals surface area contributed by atoms with Crippen molar-refractivity contribution in [2.75, 3.05) is 5.32 Å². The monoisotopic (exact) mass is 247 g/mol. The Morgan fingerprint density at radius 2 is 2.28 bits per heavy atom. The smallest absolute Gasteiger partial charge is 0.303 e. The molecule has 2 rings (SSSR count). The lowest BCUT2D eigenvalue weighted by Crippen LogP contribution is -2.37. The number of rotatable bonds is 6. The summed E-state index contributed by atoms with van der Waals surface area (Å²) >= 11 is 0. The van der Waals surface area contributed by atoms with Crippen LogP contribution < -0.4 is 5.32 Å². The second kappa shape index (κ2) is 5.89. The topological polar surface area (TPSA) is 49.3 Å². The summed E-state index contributed by atoms with van der Waals surface area (Å²) in [5.41, 5.74) is 2.22. The maximum atomic E-state index is 10.6. The van der Waals surface area contributed by atoms with Gasteiger partial charge >= 0.3 is 5.97 Å². The lowest BCUT2D eigenvalue weighted by molar-refractivity contribution is -0.136. The van der Waals surface area contributed by atoms with Crippen molar-refractivity contribution in [2.45, 2.75) is 45.1 Å². The predicted octanol–water partition coefficient (Wildman–Crippen LogP) is 3.30. The third-order valence-corrected chi connectivity index (χ3v) is 3.85. The molecule has 0 spiro atoms. The van der Waals surface area contributed by atoms with Crippen LogP contribution >= 0.6 is 0 Å². The van der Waals surface area contributed by atoms with Crippen molar-refractivity contribution in [3.63, 3.8) is 0 Å². The summed E-state index contributed by atoms with van der Waals surface area (Å²) in [5.74, 6) is 0.0612. The van der Waals surface area contributed by atoms with Gasteiger partial charge in [-0.05, 0) is 42.9 Å². The zero-order chi connectivity index (χ0) is 13.0. The van der Waals surface area contributed by atoms with E-state index in [0.717, 1.165) is 17.2 Å². The van der Waals surface area contributed by atoms with Gasteiger partial charge in [0.05, 0.1) is 0 Å². The molecule has 0 heterocycles. The fourth-order valence-corrected chi connectivity index (χ4v) is 2.53. The Kier molecular flexibility index (Phi) is 4.24. The van der Waals surface area contributed by atoms with Crippen LogP contribution in [0.1, 0.15) is 38.2 Å². The van der Waals surface area contributed by atoms with Crippen molar-refractivity contribution in [1.29, 1.82) is 0 Å². The molecule has 1 aromatic rings. The zero-order valence-electron chi connectivity index (χ0n) is 10.9. The normalized spacial score (nSPS) is 22.3. The number of hydrogen-bond donors (Lipinski definition) is 2. The summed E-state index contributed by atoms with van der Waals surface area (Å²) in [6.07, 6.45) is 4.61. The molecule has 1 saturated carbocycles. The van der Waals surface area contributed by atoms with Crippen molar-refractivity contribution < 1.29 is 9.90 Å². The quantitative estimate of drug-likeness (QED) is 0.811. The molecule has 1 aliphatic rings. The lowest BCUT2D eigenvalue weighted by atomic mass is 9.78. The number of anilines is 1. The van der Waals surface area contributed by atoms with Gasteiger partial charge < -0.3 is 10.4 Å². The van der Waals surface area contributed by atoms with E-state index in [1.807, 2.05) is 12.1 Å². The van der Waals surface area contributed by atoms with E-state index < -0.39 is 5.97 Å². The summed E-state index contributed by atoms with van der Waals surface area (Å²) in [7, 11) is 0. The van der Waals surface area contributed by atoms with E-state index in [2.05, 4.69) is 24.4 Å². The highest BCUT2D eigenvalue weighted by atomic mass is 16.4. The molecule has 1 fully saturated rings. The molecular formula is C15H21NO2. The summed E-state index contributed by atoms with van der Waals surface area (Å²) in [6.45, 7) is 2.24. The van der Waals surface area contributed by atoms with Gasteiger partial charge in [-0.25, -0.2) is 0 Å². The van der Waals surface area contributed by atoms with E-state index in [0.29, 0.717) is 12.5 Å². The van der Waals surface area contributed by atoms with Gasteiger partial charge in [-0.15, -0.1) is 0 Å². The predicted molar refractivity (Wildman–Crippen MR) is 72.8 cm³/mol. The molecule has 0 bridgehead atoms. The van der Waals surface area contributed by atoms with Gasteiger partial charge in [-0.1, -0.05) is 25.5 Å². The van der Waals surface area contributed by atoms with E-state index in [1.54, 1.807) is 0 Å². The first-order valence-electron chi connectivity index (χ1n) is 6.76. The molecule has 2 atom stereocenters. The van der Waals surface area contributed by atoms with Gasteiger partial charge in [0.15, 0.2) is 0 Å². The Hall–Kier alpha value is -1.51. The first-order chi connectivity index (χ1) is 8.69. The van der Waals surface area contributed by atoms with Gasteiger partial charge in [0, 0.05) is 18.2 Å². The highest BCUT2D eigenvalue weighted by molar-refractivity contribution is 5.67. The Bertz CT molecular complexity index is 415. The van der Waals surface area contributed by atoms with E-state index in [4.69, 9.17) is 5.11 Å². The number of aliphatic carboxylic acids is 1. The van der Waals surface area contributed by atoms with Crippen LogP contribution in [-0.4, -0.2) is 17.1 Å². The lowest BCUT2D eigenvalue weighted by Gasteiger charge is -2.37. The molecule has 0 aromatic heterocycles. The third-order valence-electron chi connectivity index (χ3n) is 3.85. The average molecular weight is 247 g/mol. The summed E-state index contributed by atoms with van der Waals surface area (Å²) in [5, 5.41) is 12.2. The molecule has 0 aliphatic heterocycles. The van der Waals surface area contributed by atoms with Crippen molar-refractivity contribution in [3.05, 3.63) is 29.8 Å². The maximum absolute atomic E-state index is 10.6. The van der Waals surface area contributed by atoms with Crippen molar-refractivity contribution in [3.8, 4) is 0 Å². The van der Waals surface area contributed by atoms with Crippen molar-refractivity contribution in [2.24, 2.45) is 5.92 Å². The molecule has 0 amide bonds. The van der Waals surface area contributed by atoms with Gasteiger partial charge in [0.25, 0.3) is 0 Å². The van der Waals surface area contributed by atoms with Crippen molar-refractivity contribution >= 4 is 11.7 Å². The van der Waals surface area contributed by atoms with Gasteiger partial charge in [-0.2, -0.15) is 0 Å². The number of carboxylic acids is 1. The largest absolute Gasteiger partial charge is 0.481 e. The van der Waals surface area contributed by atoms with Crippen LogP contribution in [0.15, 0.2) is 24.3 Å². The number of carbonyl (C=O) groups is 1. The summed E-state index contributed by atoms with van der Waals surface area (Å²) in [6, 6.07) is 8.74. The molecule has 18 heavy (non-hydrogen) atoms. The standard InChI is InChI=1S/C15H21NO2/c1-2-12-7-8-14(12)16-13-5-3-4-11(10-13)6-9-15(17)18/h3-5,10,12,14,16H,2,6-9H2,1H3,(H,17,18). The van der Waals surface area contributed by atoms with Crippen LogP contribution in [0.4, 0.5) is 5.69 Å². The molecule has 3 heteroatoms. The summed E-state index contributed by atoms with van der Waals surface area (Å²) < 4.78 is 0. The Balaban J connectivity index is 1.92. The zero-order valence-corrected chi connectivity index (χ0v) is 10.9.